The van der Waals surface area contributed by atoms with Gasteiger partial charge in [-0.3, -0.25) is 14.6 Å². The van der Waals surface area contributed by atoms with E-state index in [0.29, 0.717) is 22.7 Å². The number of carbonyl (C=O) groups excluding carboxylic acids is 1. The van der Waals surface area contributed by atoms with E-state index in [4.69, 9.17) is 14.6 Å². The van der Waals surface area contributed by atoms with Crippen molar-refractivity contribution in [2.75, 3.05) is 11.1 Å². The summed E-state index contributed by atoms with van der Waals surface area (Å²) in [6, 6.07) is 6.97. The summed E-state index contributed by atoms with van der Waals surface area (Å²) < 4.78 is 4.97. The van der Waals surface area contributed by atoms with Crippen molar-refractivity contribution in [3.8, 4) is 0 Å². The Bertz CT molecular complexity index is 1080. The van der Waals surface area contributed by atoms with Crippen LogP contribution >= 0.6 is 11.8 Å². The highest BCUT2D eigenvalue weighted by Gasteiger charge is 2.20. The Morgan fingerprint density at radius 3 is 2.82 bits per heavy atom. The molecule has 0 fully saturated rings. The zero-order valence-corrected chi connectivity index (χ0v) is 16.1. The maximum absolute atomic E-state index is 12.6. The van der Waals surface area contributed by atoms with Crippen molar-refractivity contribution in [2.24, 2.45) is 0 Å². The highest BCUT2D eigenvalue weighted by molar-refractivity contribution is 8.00. The second-order valence-electron chi connectivity index (χ2n) is 6.76. The number of fused-ring (bicyclic) bond motifs is 2. The molecular formula is C20H19N3O4S. The molecule has 7 nitrogen and oxygen atoms in total. The van der Waals surface area contributed by atoms with Crippen molar-refractivity contribution in [2.45, 2.75) is 37.5 Å². The minimum absolute atomic E-state index is 0.000694. The number of aliphatic carboxylic acids is 1. The lowest BCUT2D eigenvalue weighted by atomic mass is 9.94. The van der Waals surface area contributed by atoms with Crippen molar-refractivity contribution >= 4 is 40.4 Å². The first-order valence-electron chi connectivity index (χ1n) is 9.06. The standard InChI is InChI=1S/C20H19N3O4S/c1-11-8-17(23-27-11)22-20(26)12-6-7-14-16(9-12)21-15-5-3-2-4-13(15)19(14)28-10-18(24)25/h6-9H,2-5,10H2,1H3,(H,24,25)(H,22,23,26). The number of amides is 1. The number of benzene rings is 1. The van der Waals surface area contributed by atoms with E-state index >= 15 is 0 Å². The van der Waals surface area contributed by atoms with Crippen molar-refractivity contribution < 1.29 is 19.2 Å². The smallest absolute Gasteiger partial charge is 0.313 e. The van der Waals surface area contributed by atoms with E-state index in [9.17, 15) is 9.59 Å². The molecule has 2 aromatic heterocycles. The van der Waals surface area contributed by atoms with E-state index in [2.05, 4.69) is 10.5 Å². The van der Waals surface area contributed by atoms with Crippen LogP contribution in [0, 0.1) is 6.92 Å². The zero-order chi connectivity index (χ0) is 19.7. The van der Waals surface area contributed by atoms with Gasteiger partial charge in [0.2, 0.25) is 0 Å². The van der Waals surface area contributed by atoms with Gasteiger partial charge in [0.15, 0.2) is 5.82 Å². The summed E-state index contributed by atoms with van der Waals surface area (Å²) >= 11 is 1.33. The molecule has 2 heterocycles. The first-order chi connectivity index (χ1) is 13.5. The lowest BCUT2D eigenvalue weighted by Crippen LogP contribution is -2.13. The highest BCUT2D eigenvalue weighted by Crippen LogP contribution is 2.36. The van der Waals surface area contributed by atoms with Crippen LogP contribution in [-0.4, -0.2) is 32.9 Å². The van der Waals surface area contributed by atoms with Gasteiger partial charge in [0, 0.05) is 27.6 Å². The van der Waals surface area contributed by atoms with Gasteiger partial charge in [-0.15, -0.1) is 11.8 Å². The summed E-state index contributed by atoms with van der Waals surface area (Å²) in [5.74, 6) is -0.173. The third-order valence-corrected chi connectivity index (χ3v) is 5.83. The predicted octanol–water partition coefficient (Wildman–Crippen LogP) is 3.84. The lowest BCUT2D eigenvalue weighted by Gasteiger charge is -2.20. The maximum Gasteiger partial charge on any atom is 0.313 e. The third-order valence-electron chi connectivity index (χ3n) is 4.68. The average molecular weight is 397 g/mol. The van der Waals surface area contributed by atoms with Gasteiger partial charge in [-0.2, -0.15) is 0 Å². The van der Waals surface area contributed by atoms with E-state index in [0.717, 1.165) is 47.2 Å². The highest BCUT2D eigenvalue weighted by atomic mass is 32.2. The summed E-state index contributed by atoms with van der Waals surface area (Å²) in [4.78, 5) is 29.4. The van der Waals surface area contributed by atoms with Crippen molar-refractivity contribution in [3.63, 3.8) is 0 Å². The number of hydrogen-bond acceptors (Lipinski definition) is 6. The summed E-state index contributed by atoms with van der Waals surface area (Å²) in [5, 5.41) is 16.5. The summed E-state index contributed by atoms with van der Waals surface area (Å²) in [5.41, 5.74) is 3.33. The molecule has 0 aliphatic heterocycles. The van der Waals surface area contributed by atoms with Crippen LogP contribution in [0.15, 0.2) is 33.7 Å². The molecular weight excluding hydrogens is 378 g/mol. The minimum Gasteiger partial charge on any atom is -0.481 e. The summed E-state index contributed by atoms with van der Waals surface area (Å²) in [7, 11) is 0. The van der Waals surface area contributed by atoms with E-state index < -0.39 is 5.97 Å². The molecule has 0 saturated heterocycles. The van der Waals surface area contributed by atoms with Crippen LogP contribution in [-0.2, 0) is 17.6 Å². The number of carboxylic acids is 1. The average Bonchev–Trinajstić information content (AvgIpc) is 3.09. The number of rotatable bonds is 5. The van der Waals surface area contributed by atoms with Crippen molar-refractivity contribution in [1.82, 2.24) is 10.1 Å². The summed E-state index contributed by atoms with van der Waals surface area (Å²) in [6.45, 7) is 1.75. The Morgan fingerprint density at radius 1 is 1.25 bits per heavy atom. The molecule has 4 rings (SSSR count). The fraction of sp³-hybridized carbons (Fsp3) is 0.300. The zero-order valence-electron chi connectivity index (χ0n) is 15.3. The second kappa shape index (κ2) is 7.63. The van der Waals surface area contributed by atoms with Crippen LogP contribution in [0.1, 0.15) is 40.2 Å². The van der Waals surface area contributed by atoms with Gasteiger partial charge in [0.05, 0.1) is 11.3 Å². The first-order valence-corrected chi connectivity index (χ1v) is 10.0. The number of nitrogens with zero attached hydrogens (tertiary/aromatic N) is 2. The number of hydrogen-bond donors (Lipinski definition) is 2. The van der Waals surface area contributed by atoms with E-state index in [1.807, 2.05) is 6.07 Å². The van der Waals surface area contributed by atoms with Gasteiger partial charge < -0.3 is 14.9 Å². The molecule has 1 aliphatic carbocycles. The van der Waals surface area contributed by atoms with Crippen LogP contribution in [0.2, 0.25) is 0 Å². The summed E-state index contributed by atoms with van der Waals surface area (Å²) in [6.07, 6.45) is 3.94. The molecule has 28 heavy (non-hydrogen) atoms. The minimum atomic E-state index is -0.849. The van der Waals surface area contributed by atoms with Gasteiger partial charge in [-0.25, -0.2) is 0 Å². The monoisotopic (exact) mass is 397 g/mol. The second-order valence-corrected chi connectivity index (χ2v) is 7.75. The first kappa shape index (κ1) is 18.5. The molecule has 0 atom stereocenters. The fourth-order valence-corrected chi connectivity index (χ4v) is 4.43. The third kappa shape index (κ3) is 3.73. The van der Waals surface area contributed by atoms with E-state index in [-0.39, 0.29) is 11.7 Å². The Kier molecular flexibility index (Phi) is 5.04. The number of anilines is 1. The number of carbonyl (C=O) groups is 2. The largest absolute Gasteiger partial charge is 0.481 e. The maximum atomic E-state index is 12.6. The number of carboxylic acid groups (broad SMARTS) is 1. The van der Waals surface area contributed by atoms with Gasteiger partial charge >= 0.3 is 5.97 Å². The molecule has 2 N–H and O–H groups in total. The predicted molar refractivity (Wildman–Crippen MR) is 106 cm³/mol. The number of aromatic nitrogens is 2. The van der Waals surface area contributed by atoms with Crippen LogP contribution < -0.4 is 5.32 Å². The quantitative estimate of drug-likeness (QED) is 0.630. The lowest BCUT2D eigenvalue weighted by molar-refractivity contribution is -0.133. The molecule has 1 aliphatic rings. The van der Waals surface area contributed by atoms with E-state index in [1.165, 1.54) is 11.8 Å². The Morgan fingerprint density at radius 2 is 2.07 bits per heavy atom. The van der Waals surface area contributed by atoms with Crippen molar-refractivity contribution in [3.05, 3.63) is 46.8 Å². The van der Waals surface area contributed by atoms with Crippen molar-refractivity contribution in [1.29, 1.82) is 0 Å². The van der Waals surface area contributed by atoms with Crippen LogP contribution in [0.25, 0.3) is 10.9 Å². The Hall–Kier alpha value is -2.87. The molecule has 0 unspecified atom stereocenters. The molecule has 8 heteroatoms. The molecule has 0 radical (unpaired) electrons. The molecule has 0 spiro atoms. The van der Waals surface area contributed by atoms with Gasteiger partial charge in [-0.05, 0) is 50.3 Å². The molecule has 144 valence electrons. The molecule has 1 amide bonds. The normalized spacial score (nSPS) is 13.3. The Balaban J connectivity index is 1.72. The SMILES string of the molecule is Cc1cc(NC(=O)c2ccc3c(SCC(=O)O)c4c(nc3c2)CCCC4)no1. The number of aryl methyl sites for hydroxylation is 2. The number of thioether (sulfide) groups is 1. The van der Waals surface area contributed by atoms with Crippen LogP contribution in [0.4, 0.5) is 5.82 Å². The van der Waals surface area contributed by atoms with Crippen LogP contribution in [0.3, 0.4) is 0 Å². The number of nitrogens with one attached hydrogen (secondary N) is 1. The fourth-order valence-electron chi connectivity index (χ4n) is 3.44. The molecule has 3 aromatic rings. The van der Waals surface area contributed by atoms with Gasteiger partial charge in [0.1, 0.15) is 5.76 Å². The number of pyridine rings is 1. The molecule has 0 bridgehead atoms. The Labute approximate surface area is 165 Å². The van der Waals surface area contributed by atoms with Gasteiger partial charge in [0.25, 0.3) is 5.91 Å². The van der Waals surface area contributed by atoms with Gasteiger partial charge in [-0.1, -0.05) is 11.2 Å². The molecule has 0 saturated carbocycles. The molecule has 1 aromatic carbocycles. The van der Waals surface area contributed by atoms with E-state index in [1.54, 1.807) is 25.1 Å². The topological polar surface area (TPSA) is 105 Å². The van der Waals surface area contributed by atoms with Crippen LogP contribution in [0.5, 0.6) is 0 Å².